The molecular weight excluding hydrogens is 250 g/mol. The van der Waals surface area contributed by atoms with Gasteiger partial charge in [0.15, 0.2) is 0 Å². The van der Waals surface area contributed by atoms with Crippen molar-refractivity contribution in [3.05, 3.63) is 29.4 Å². The highest BCUT2D eigenvalue weighted by atomic mass is 35.5. The van der Waals surface area contributed by atoms with Gasteiger partial charge in [0.1, 0.15) is 0 Å². The molecule has 0 saturated carbocycles. The Morgan fingerprint density at radius 3 is 2.67 bits per heavy atom. The zero-order chi connectivity index (χ0) is 12.5. The molecule has 2 aromatic rings. The second-order valence-electron chi connectivity index (χ2n) is 4.46. The minimum Gasteiger partial charge on any atom is -0.370 e. The number of nitrogens with two attached hydrogens (primary N) is 1. The number of halogens is 1. The molecule has 2 heterocycles. The van der Waals surface area contributed by atoms with Crippen molar-refractivity contribution in [2.45, 2.75) is 12.8 Å². The molecular formula is C13H14ClN3O. The van der Waals surface area contributed by atoms with Gasteiger partial charge in [-0.1, -0.05) is 22.8 Å². The van der Waals surface area contributed by atoms with Crippen LogP contribution >= 0.6 is 11.6 Å². The van der Waals surface area contributed by atoms with Crippen LogP contribution < -0.4 is 10.6 Å². The number of nitrogen functional groups attached to an aromatic ring is 1. The zero-order valence-corrected chi connectivity index (χ0v) is 10.7. The fourth-order valence-corrected chi connectivity index (χ4v) is 2.65. The summed E-state index contributed by atoms with van der Waals surface area (Å²) < 4.78 is 4.86. The predicted octanol–water partition coefficient (Wildman–Crippen LogP) is 3.18. The van der Waals surface area contributed by atoms with Crippen molar-refractivity contribution in [2.75, 3.05) is 23.7 Å². The van der Waals surface area contributed by atoms with Gasteiger partial charge in [0.25, 0.3) is 0 Å². The highest BCUT2D eigenvalue weighted by Gasteiger charge is 2.16. The number of aromatic nitrogens is 1. The summed E-state index contributed by atoms with van der Waals surface area (Å²) in [6.45, 7) is 2.16. The van der Waals surface area contributed by atoms with E-state index in [1.165, 1.54) is 12.8 Å². The van der Waals surface area contributed by atoms with E-state index in [0.29, 0.717) is 5.88 Å². The van der Waals surface area contributed by atoms with Crippen molar-refractivity contribution in [2.24, 2.45) is 0 Å². The molecule has 1 aromatic carbocycles. The summed E-state index contributed by atoms with van der Waals surface area (Å²) >= 11 is 6.35. The number of benzene rings is 1. The van der Waals surface area contributed by atoms with E-state index in [1.807, 2.05) is 18.2 Å². The van der Waals surface area contributed by atoms with Crippen LogP contribution in [0.25, 0.3) is 11.1 Å². The first-order valence-electron chi connectivity index (χ1n) is 6.01. The predicted molar refractivity (Wildman–Crippen MR) is 72.8 cm³/mol. The Hall–Kier alpha value is -1.68. The van der Waals surface area contributed by atoms with Crippen LogP contribution in [0, 0.1) is 0 Å². The molecule has 1 aliphatic heterocycles. The lowest BCUT2D eigenvalue weighted by molar-refractivity contribution is 0.436. The van der Waals surface area contributed by atoms with Crippen molar-refractivity contribution >= 4 is 23.2 Å². The van der Waals surface area contributed by atoms with Gasteiger partial charge >= 0.3 is 0 Å². The van der Waals surface area contributed by atoms with E-state index in [4.69, 9.17) is 21.9 Å². The van der Waals surface area contributed by atoms with E-state index in [-0.39, 0.29) is 0 Å². The molecule has 0 bridgehead atoms. The molecule has 1 aromatic heterocycles. The summed E-state index contributed by atoms with van der Waals surface area (Å²) in [4.78, 5) is 2.31. The summed E-state index contributed by atoms with van der Waals surface area (Å²) in [5.74, 6) is 0.319. The normalized spacial score (nSPS) is 15.3. The van der Waals surface area contributed by atoms with Crippen LogP contribution in [0.4, 0.5) is 11.6 Å². The van der Waals surface area contributed by atoms with E-state index in [0.717, 1.165) is 34.9 Å². The summed E-state index contributed by atoms with van der Waals surface area (Å²) in [7, 11) is 0. The van der Waals surface area contributed by atoms with Gasteiger partial charge in [0, 0.05) is 13.1 Å². The van der Waals surface area contributed by atoms with E-state index >= 15 is 0 Å². The quantitative estimate of drug-likeness (QED) is 0.904. The first-order chi connectivity index (χ1) is 8.75. The number of anilines is 2. The van der Waals surface area contributed by atoms with Crippen LogP contribution in [0.1, 0.15) is 12.8 Å². The minimum absolute atomic E-state index is 0.319. The maximum Gasteiger partial charge on any atom is 0.229 e. The number of nitrogens with zero attached hydrogens (tertiary/aromatic N) is 2. The molecule has 18 heavy (non-hydrogen) atoms. The first kappa shape index (κ1) is 11.4. The summed E-state index contributed by atoms with van der Waals surface area (Å²) in [5, 5.41) is 4.42. The third-order valence-electron chi connectivity index (χ3n) is 3.30. The molecule has 94 valence electrons. The fourth-order valence-electron chi connectivity index (χ4n) is 2.35. The molecule has 0 radical (unpaired) electrons. The van der Waals surface area contributed by atoms with Gasteiger partial charge in [-0.2, -0.15) is 0 Å². The van der Waals surface area contributed by atoms with Gasteiger partial charge in [0.2, 0.25) is 5.88 Å². The van der Waals surface area contributed by atoms with Crippen LogP contribution in [0.5, 0.6) is 0 Å². The largest absolute Gasteiger partial charge is 0.370 e. The second kappa shape index (κ2) is 4.53. The van der Waals surface area contributed by atoms with E-state index in [2.05, 4.69) is 10.1 Å². The van der Waals surface area contributed by atoms with Crippen LogP contribution in [0.15, 0.2) is 28.9 Å². The van der Waals surface area contributed by atoms with Gasteiger partial charge < -0.3 is 15.2 Å². The molecule has 1 aliphatic rings. The van der Waals surface area contributed by atoms with Gasteiger partial charge in [-0.25, -0.2) is 0 Å². The molecule has 4 nitrogen and oxygen atoms in total. The molecule has 5 heteroatoms. The SMILES string of the molecule is Nc1oncc1-c1ccc(N2CCCC2)c(Cl)c1. The summed E-state index contributed by atoms with van der Waals surface area (Å²) in [6, 6.07) is 5.95. The molecule has 0 unspecified atom stereocenters. The minimum atomic E-state index is 0.319. The van der Waals surface area contributed by atoms with Gasteiger partial charge in [-0.15, -0.1) is 0 Å². The molecule has 1 saturated heterocycles. The monoisotopic (exact) mass is 263 g/mol. The lowest BCUT2D eigenvalue weighted by Gasteiger charge is -2.19. The number of hydrogen-bond acceptors (Lipinski definition) is 4. The van der Waals surface area contributed by atoms with Crippen molar-refractivity contribution in [1.29, 1.82) is 0 Å². The van der Waals surface area contributed by atoms with Crippen molar-refractivity contribution in [3.8, 4) is 11.1 Å². The average molecular weight is 264 g/mol. The maximum atomic E-state index is 6.35. The van der Waals surface area contributed by atoms with E-state index in [1.54, 1.807) is 6.20 Å². The molecule has 2 N–H and O–H groups in total. The van der Waals surface area contributed by atoms with Crippen molar-refractivity contribution in [1.82, 2.24) is 5.16 Å². The van der Waals surface area contributed by atoms with E-state index < -0.39 is 0 Å². The molecule has 1 fully saturated rings. The molecule has 0 aliphatic carbocycles. The smallest absolute Gasteiger partial charge is 0.229 e. The fraction of sp³-hybridized carbons (Fsp3) is 0.308. The third-order valence-corrected chi connectivity index (χ3v) is 3.61. The lowest BCUT2D eigenvalue weighted by atomic mass is 10.1. The second-order valence-corrected chi connectivity index (χ2v) is 4.87. The van der Waals surface area contributed by atoms with Crippen molar-refractivity contribution in [3.63, 3.8) is 0 Å². The number of rotatable bonds is 2. The Balaban J connectivity index is 1.96. The van der Waals surface area contributed by atoms with Gasteiger partial charge in [-0.3, -0.25) is 0 Å². The van der Waals surface area contributed by atoms with E-state index in [9.17, 15) is 0 Å². The van der Waals surface area contributed by atoms with Crippen LogP contribution in [0.3, 0.4) is 0 Å². The summed E-state index contributed by atoms with van der Waals surface area (Å²) in [5.41, 5.74) is 8.51. The average Bonchev–Trinajstić information content (AvgIpc) is 2.99. The first-order valence-corrected chi connectivity index (χ1v) is 6.38. The third kappa shape index (κ3) is 1.93. The Morgan fingerprint density at radius 2 is 2.06 bits per heavy atom. The molecule has 0 amide bonds. The Labute approximate surface area is 110 Å². The van der Waals surface area contributed by atoms with Gasteiger partial charge in [-0.05, 0) is 30.5 Å². The molecule has 0 atom stereocenters. The maximum absolute atomic E-state index is 6.35. The Morgan fingerprint density at radius 1 is 1.28 bits per heavy atom. The standard InChI is InChI=1S/C13H14ClN3O/c14-11-7-9(10-8-16-18-13(10)15)3-4-12(11)17-5-1-2-6-17/h3-4,7-8H,1-2,5-6,15H2. The van der Waals surface area contributed by atoms with Gasteiger partial charge in [0.05, 0.1) is 22.5 Å². The van der Waals surface area contributed by atoms with Crippen molar-refractivity contribution < 1.29 is 4.52 Å². The highest BCUT2D eigenvalue weighted by molar-refractivity contribution is 6.33. The van der Waals surface area contributed by atoms with Crippen LogP contribution in [-0.2, 0) is 0 Å². The Kier molecular flexibility index (Phi) is 2.88. The number of hydrogen-bond donors (Lipinski definition) is 1. The Bertz CT molecular complexity index is 561. The molecule has 3 rings (SSSR count). The summed E-state index contributed by atoms with van der Waals surface area (Å²) in [6.07, 6.45) is 4.07. The highest BCUT2D eigenvalue weighted by Crippen LogP contribution is 2.34. The topological polar surface area (TPSA) is 55.3 Å². The van der Waals surface area contributed by atoms with Crippen LogP contribution in [0.2, 0.25) is 5.02 Å². The lowest BCUT2D eigenvalue weighted by Crippen LogP contribution is -2.17. The van der Waals surface area contributed by atoms with Crippen LogP contribution in [-0.4, -0.2) is 18.2 Å². The zero-order valence-electron chi connectivity index (χ0n) is 9.90. The molecule has 0 spiro atoms.